The first-order valence-corrected chi connectivity index (χ1v) is 3.69. The molecule has 0 radical (unpaired) electrons. The summed E-state index contributed by atoms with van der Waals surface area (Å²) in [6, 6.07) is 0. The Bertz CT molecular complexity index is 136. The number of amides is 1. The third-order valence-electron chi connectivity index (χ3n) is 1.49. The van der Waals surface area contributed by atoms with E-state index in [9.17, 15) is 4.79 Å². The lowest BCUT2D eigenvalue weighted by molar-refractivity contribution is -0.121. The van der Waals surface area contributed by atoms with E-state index in [1.807, 2.05) is 13.8 Å². The molecule has 0 saturated carbocycles. The zero-order valence-electron chi connectivity index (χ0n) is 6.39. The van der Waals surface area contributed by atoms with E-state index < -0.39 is 0 Å². The maximum absolute atomic E-state index is 10.8. The molecule has 1 aliphatic heterocycles. The average molecular weight is 143 g/mol. The Morgan fingerprint density at radius 1 is 1.70 bits per heavy atom. The molecule has 2 unspecified atom stereocenters. The van der Waals surface area contributed by atoms with Gasteiger partial charge in [-0.05, 0) is 13.3 Å². The highest BCUT2D eigenvalue weighted by Crippen LogP contribution is 2.17. The molecule has 1 heterocycles. The van der Waals surface area contributed by atoms with Crippen molar-refractivity contribution >= 4 is 5.91 Å². The Hall–Kier alpha value is -0.570. The van der Waals surface area contributed by atoms with Crippen molar-refractivity contribution in [1.82, 2.24) is 5.32 Å². The lowest BCUT2D eigenvalue weighted by atomic mass is 10.3. The first-order valence-electron chi connectivity index (χ1n) is 3.69. The van der Waals surface area contributed by atoms with E-state index in [4.69, 9.17) is 4.74 Å². The summed E-state index contributed by atoms with van der Waals surface area (Å²) in [5, 5.41) is 2.74. The highest BCUT2D eigenvalue weighted by molar-refractivity contribution is 5.76. The van der Waals surface area contributed by atoms with E-state index >= 15 is 0 Å². The summed E-state index contributed by atoms with van der Waals surface area (Å²) in [7, 11) is 0. The minimum absolute atomic E-state index is 0.000880. The fourth-order valence-electron chi connectivity index (χ4n) is 0.795. The van der Waals surface area contributed by atoms with Gasteiger partial charge in [-0.1, -0.05) is 6.92 Å². The molecule has 58 valence electrons. The fraction of sp³-hybridized carbons (Fsp3) is 0.857. The van der Waals surface area contributed by atoms with Crippen molar-refractivity contribution < 1.29 is 9.53 Å². The smallest absolute Gasteiger partial charge is 0.222 e. The lowest BCUT2D eigenvalue weighted by Crippen LogP contribution is -2.26. The van der Waals surface area contributed by atoms with E-state index in [0.29, 0.717) is 6.42 Å². The molecule has 0 aliphatic carbocycles. The normalized spacial score (nSPS) is 29.8. The second kappa shape index (κ2) is 3.01. The SMILES string of the molecule is CCCC(=O)NC1OC1C. The molecular formula is C7H13NO2. The van der Waals surface area contributed by atoms with E-state index in [-0.39, 0.29) is 18.2 Å². The molecule has 0 bridgehead atoms. The standard InChI is InChI=1S/C7H13NO2/c1-3-4-6(9)8-7-5(2)10-7/h5,7H,3-4H2,1-2H3,(H,8,9). The third kappa shape index (κ3) is 1.99. The van der Waals surface area contributed by atoms with E-state index in [1.165, 1.54) is 0 Å². The summed E-state index contributed by atoms with van der Waals surface area (Å²) in [5.41, 5.74) is 0. The zero-order chi connectivity index (χ0) is 7.56. The van der Waals surface area contributed by atoms with Crippen LogP contribution >= 0.6 is 0 Å². The Kier molecular flexibility index (Phi) is 2.27. The number of carbonyl (C=O) groups excluding carboxylic acids is 1. The molecule has 1 aliphatic rings. The largest absolute Gasteiger partial charge is 0.348 e. The van der Waals surface area contributed by atoms with Gasteiger partial charge in [0.05, 0.1) is 0 Å². The summed E-state index contributed by atoms with van der Waals surface area (Å²) < 4.78 is 5.00. The van der Waals surface area contributed by atoms with E-state index in [2.05, 4.69) is 5.32 Å². The van der Waals surface area contributed by atoms with Gasteiger partial charge in [0.25, 0.3) is 0 Å². The van der Waals surface area contributed by atoms with Gasteiger partial charge >= 0.3 is 0 Å². The fourth-order valence-corrected chi connectivity index (χ4v) is 0.795. The van der Waals surface area contributed by atoms with E-state index in [0.717, 1.165) is 6.42 Å². The zero-order valence-corrected chi connectivity index (χ0v) is 6.39. The van der Waals surface area contributed by atoms with Crippen molar-refractivity contribution in [2.75, 3.05) is 0 Å². The van der Waals surface area contributed by atoms with Crippen LogP contribution in [0.25, 0.3) is 0 Å². The van der Waals surface area contributed by atoms with Crippen molar-refractivity contribution in [1.29, 1.82) is 0 Å². The van der Waals surface area contributed by atoms with Crippen molar-refractivity contribution in [2.24, 2.45) is 0 Å². The van der Waals surface area contributed by atoms with Crippen LogP contribution in [-0.2, 0) is 9.53 Å². The molecule has 3 nitrogen and oxygen atoms in total. The maximum atomic E-state index is 10.8. The van der Waals surface area contributed by atoms with Crippen molar-refractivity contribution in [3.8, 4) is 0 Å². The summed E-state index contributed by atoms with van der Waals surface area (Å²) in [4.78, 5) is 10.8. The molecule has 0 aromatic heterocycles. The van der Waals surface area contributed by atoms with Crippen molar-refractivity contribution in [3.05, 3.63) is 0 Å². The second-order valence-electron chi connectivity index (χ2n) is 2.58. The first kappa shape index (κ1) is 7.54. The second-order valence-corrected chi connectivity index (χ2v) is 2.58. The van der Waals surface area contributed by atoms with Gasteiger partial charge in [-0.25, -0.2) is 0 Å². The molecule has 0 aromatic rings. The van der Waals surface area contributed by atoms with Gasteiger partial charge in [-0.2, -0.15) is 0 Å². The number of hydrogen-bond acceptors (Lipinski definition) is 2. The summed E-state index contributed by atoms with van der Waals surface area (Å²) in [6.45, 7) is 3.92. The van der Waals surface area contributed by atoms with Gasteiger partial charge in [0, 0.05) is 6.42 Å². The molecule has 10 heavy (non-hydrogen) atoms. The highest BCUT2D eigenvalue weighted by atomic mass is 16.6. The number of carbonyl (C=O) groups is 1. The van der Waals surface area contributed by atoms with Gasteiger partial charge in [-0.15, -0.1) is 0 Å². The minimum atomic E-state index is -0.000880. The number of ether oxygens (including phenoxy) is 1. The van der Waals surface area contributed by atoms with Gasteiger partial charge in [0.15, 0.2) is 6.23 Å². The van der Waals surface area contributed by atoms with Crippen LogP contribution in [0.4, 0.5) is 0 Å². The Balaban J connectivity index is 2.07. The predicted octanol–water partition coefficient (Wildman–Crippen LogP) is 0.647. The summed E-state index contributed by atoms with van der Waals surface area (Å²) >= 11 is 0. The Morgan fingerprint density at radius 3 is 2.70 bits per heavy atom. The van der Waals surface area contributed by atoms with Crippen LogP contribution in [0.2, 0.25) is 0 Å². The average Bonchev–Trinajstić information content (AvgIpc) is 2.47. The van der Waals surface area contributed by atoms with Crippen LogP contribution < -0.4 is 5.32 Å². The summed E-state index contributed by atoms with van der Waals surface area (Å²) in [5.74, 6) is 0.0943. The van der Waals surface area contributed by atoms with Gasteiger partial charge in [0.1, 0.15) is 6.10 Å². The van der Waals surface area contributed by atoms with Crippen LogP contribution in [-0.4, -0.2) is 18.2 Å². The lowest BCUT2D eigenvalue weighted by Gasteiger charge is -1.97. The first-order chi connectivity index (χ1) is 4.74. The van der Waals surface area contributed by atoms with Crippen molar-refractivity contribution in [3.63, 3.8) is 0 Å². The molecule has 1 fully saturated rings. The van der Waals surface area contributed by atoms with Crippen LogP contribution in [0.15, 0.2) is 0 Å². The number of hydrogen-bond donors (Lipinski definition) is 1. The minimum Gasteiger partial charge on any atom is -0.348 e. The van der Waals surface area contributed by atoms with Crippen LogP contribution in [0.1, 0.15) is 26.7 Å². The molecular weight excluding hydrogens is 130 g/mol. The topological polar surface area (TPSA) is 41.6 Å². The molecule has 3 heteroatoms. The quantitative estimate of drug-likeness (QED) is 0.589. The van der Waals surface area contributed by atoms with Crippen molar-refractivity contribution in [2.45, 2.75) is 39.0 Å². The molecule has 1 saturated heterocycles. The molecule has 0 spiro atoms. The van der Waals surface area contributed by atoms with Crippen LogP contribution in [0.3, 0.4) is 0 Å². The van der Waals surface area contributed by atoms with E-state index in [1.54, 1.807) is 0 Å². The molecule has 0 aromatic carbocycles. The number of nitrogens with one attached hydrogen (secondary N) is 1. The number of epoxide rings is 1. The highest BCUT2D eigenvalue weighted by Gasteiger charge is 2.35. The van der Waals surface area contributed by atoms with Gasteiger partial charge in [-0.3, -0.25) is 4.79 Å². The predicted molar refractivity (Wildman–Crippen MR) is 37.4 cm³/mol. The van der Waals surface area contributed by atoms with Crippen LogP contribution in [0, 0.1) is 0 Å². The Labute approximate surface area is 60.7 Å². The Morgan fingerprint density at radius 2 is 2.30 bits per heavy atom. The third-order valence-corrected chi connectivity index (χ3v) is 1.49. The number of rotatable bonds is 3. The monoisotopic (exact) mass is 143 g/mol. The van der Waals surface area contributed by atoms with Crippen LogP contribution in [0.5, 0.6) is 0 Å². The molecule has 1 amide bonds. The molecule has 1 N–H and O–H groups in total. The van der Waals surface area contributed by atoms with Gasteiger partial charge in [0.2, 0.25) is 5.91 Å². The summed E-state index contributed by atoms with van der Waals surface area (Å²) in [6.07, 6.45) is 1.72. The maximum Gasteiger partial charge on any atom is 0.222 e. The molecule has 2 atom stereocenters. The molecule has 1 rings (SSSR count). The van der Waals surface area contributed by atoms with Gasteiger partial charge < -0.3 is 10.1 Å².